The van der Waals surface area contributed by atoms with Crippen LogP contribution >= 0.6 is 23.8 Å². The molecule has 0 bridgehead atoms. The lowest BCUT2D eigenvalue weighted by atomic mass is 10.2. The van der Waals surface area contributed by atoms with Crippen molar-refractivity contribution in [3.63, 3.8) is 0 Å². The van der Waals surface area contributed by atoms with Gasteiger partial charge in [0.15, 0.2) is 5.11 Å². The van der Waals surface area contributed by atoms with E-state index in [9.17, 15) is 4.79 Å². The lowest BCUT2D eigenvalue weighted by molar-refractivity contribution is 0.0977. The molecule has 2 N–H and O–H groups in total. The third-order valence-electron chi connectivity index (χ3n) is 3.56. The van der Waals surface area contributed by atoms with Gasteiger partial charge in [0.2, 0.25) is 0 Å². The van der Waals surface area contributed by atoms with Crippen LogP contribution in [0, 0.1) is 11.3 Å². The molecule has 0 aliphatic carbocycles. The van der Waals surface area contributed by atoms with Crippen LogP contribution in [0.2, 0.25) is 5.02 Å². The van der Waals surface area contributed by atoms with Gasteiger partial charge in [-0.15, -0.1) is 0 Å². The van der Waals surface area contributed by atoms with E-state index in [-0.39, 0.29) is 10.8 Å². The molecular weight excluding hydrogens is 384 g/mol. The first-order valence-electron chi connectivity index (χ1n) is 8.44. The lowest BCUT2D eigenvalue weighted by Gasteiger charge is -2.12. The van der Waals surface area contributed by atoms with Crippen molar-refractivity contribution in [1.82, 2.24) is 10.3 Å². The Morgan fingerprint density at radius 3 is 2.78 bits per heavy atom. The number of nitriles is 1. The minimum atomic E-state index is -0.425. The zero-order valence-corrected chi connectivity index (χ0v) is 16.4. The summed E-state index contributed by atoms with van der Waals surface area (Å²) in [5.74, 6) is 0.184. The number of pyridine rings is 1. The van der Waals surface area contributed by atoms with Gasteiger partial charge < -0.3 is 10.1 Å². The number of nitrogens with one attached hydrogen (secondary N) is 2. The van der Waals surface area contributed by atoms with Gasteiger partial charge >= 0.3 is 0 Å². The van der Waals surface area contributed by atoms with E-state index in [1.165, 1.54) is 18.3 Å². The molecule has 1 heterocycles. The number of anilines is 1. The largest absolute Gasteiger partial charge is 0.492 e. The van der Waals surface area contributed by atoms with Crippen LogP contribution in [-0.4, -0.2) is 22.6 Å². The van der Waals surface area contributed by atoms with Crippen molar-refractivity contribution >= 4 is 40.5 Å². The van der Waals surface area contributed by atoms with Gasteiger partial charge in [0.25, 0.3) is 5.91 Å². The van der Waals surface area contributed by atoms with Crippen molar-refractivity contribution in [3.8, 4) is 11.8 Å². The maximum atomic E-state index is 12.1. The Hall–Kier alpha value is -2.69. The van der Waals surface area contributed by atoms with Gasteiger partial charge in [0.1, 0.15) is 17.5 Å². The number of hydrogen-bond acceptors (Lipinski definition) is 5. The normalized spacial score (nSPS) is 9.96. The first-order valence-corrected chi connectivity index (χ1v) is 9.23. The summed E-state index contributed by atoms with van der Waals surface area (Å²) in [6.45, 7) is 2.75. The minimum absolute atomic E-state index is 0.122. The molecule has 0 aliphatic rings. The highest BCUT2D eigenvalue weighted by Crippen LogP contribution is 2.27. The van der Waals surface area contributed by atoms with Crippen molar-refractivity contribution in [2.75, 3.05) is 11.9 Å². The fourth-order valence-corrected chi connectivity index (χ4v) is 2.61. The molecule has 0 spiro atoms. The molecule has 2 aromatic rings. The lowest BCUT2D eigenvalue weighted by Crippen LogP contribution is -2.34. The molecule has 8 heteroatoms. The molecule has 0 fully saturated rings. The summed E-state index contributed by atoms with van der Waals surface area (Å²) in [4.78, 5) is 16.0. The first-order chi connectivity index (χ1) is 13.0. The number of carbonyl (C=O) groups is 1. The fourth-order valence-electron chi connectivity index (χ4n) is 2.16. The summed E-state index contributed by atoms with van der Waals surface area (Å²) in [5, 5.41) is 14.8. The third-order valence-corrected chi connectivity index (χ3v) is 4.06. The number of carbonyl (C=O) groups excluding carboxylic acids is 1. The van der Waals surface area contributed by atoms with E-state index in [4.69, 9.17) is 33.8 Å². The van der Waals surface area contributed by atoms with Gasteiger partial charge in [0.05, 0.1) is 17.2 Å². The number of amides is 1. The molecule has 2 rings (SSSR count). The second-order valence-corrected chi connectivity index (χ2v) is 6.47. The first kappa shape index (κ1) is 20.6. The van der Waals surface area contributed by atoms with Crippen molar-refractivity contribution in [1.29, 1.82) is 5.26 Å². The maximum Gasteiger partial charge on any atom is 0.258 e. The number of ether oxygens (including phenoxy) is 1. The van der Waals surface area contributed by atoms with Crippen molar-refractivity contribution < 1.29 is 9.53 Å². The SMILES string of the molecule is CCCCCOc1ccc(NC(=S)NC(=O)c2ccc(C#N)nc2)cc1Cl. The van der Waals surface area contributed by atoms with E-state index < -0.39 is 5.91 Å². The van der Waals surface area contributed by atoms with E-state index in [2.05, 4.69) is 22.5 Å². The van der Waals surface area contributed by atoms with Crippen molar-refractivity contribution in [2.24, 2.45) is 0 Å². The standard InChI is InChI=1S/C19H19ClN4O2S/c1-2-3-4-9-26-17-8-7-14(10-16(17)20)23-19(27)24-18(25)13-5-6-15(11-21)22-12-13/h5-8,10,12H,2-4,9H2,1H3,(H2,23,24,25,27). The molecule has 0 unspecified atom stereocenters. The molecule has 140 valence electrons. The molecule has 1 aromatic carbocycles. The Labute approximate surface area is 168 Å². The van der Waals surface area contributed by atoms with Gasteiger partial charge in [-0.25, -0.2) is 4.98 Å². The predicted molar refractivity (Wildman–Crippen MR) is 109 cm³/mol. The van der Waals surface area contributed by atoms with E-state index in [0.29, 0.717) is 28.6 Å². The molecule has 6 nitrogen and oxygen atoms in total. The minimum Gasteiger partial charge on any atom is -0.492 e. The third kappa shape index (κ3) is 6.51. The zero-order valence-electron chi connectivity index (χ0n) is 14.8. The monoisotopic (exact) mass is 402 g/mol. The van der Waals surface area contributed by atoms with Crippen molar-refractivity contribution in [2.45, 2.75) is 26.2 Å². The van der Waals surface area contributed by atoms with E-state index in [1.807, 2.05) is 6.07 Å². The van der Waals surface area contributed by atoms with Gasteiger partial charge in [-0.2, -0.15) is 5.26 Å². The number of hydrogen-bond donors (Lipinski definition) is 2. The van der Waals surface area contributed by atoms with E-state index in [1.54, 1.807) is 18.2 Å². The summed E-state index contributed by atoms with van der Waals surface area (Å²) in [6, 6.07) is 10.1. The molecule has 0 aliphatic heterocycles. The summed E-state index contributed by atoms with van der Waals surface area (Å²) >= 11 is 11.4. The molecule has 27 heavy (non-hydrogen) atoms. The molecule has 0 radical (unpaired) electrons. The van der Waals surface area contributed by atoms with Gasteiger partial charge in [-0.3, -0.25) is 10.1 Å². The fraction of sp³-hybridized carbons (Fsp3) is 0.263. The molecule has 0 saturated carbocycles. The summed E-state index contributed by atoms with van der Waals surface area (Å²) < 4.78 is 5.65. The molecule has 0 atom stereocenters. The Balaban J connectivity index is 1.90. The average Bonchev–Trinajstić information content (AvgIpc) is 2.66. The maximum absolute atomic E-state index is 12.1. The van der Waals surface area contributed by atoms with Gasteiger partial charge in [-0.1, -0.05) is 31.4 Å². The number of unbranched alkanes of at least 4 members (excludes halogenated alkanes) is 2. The van der Waals surface area contributed by atoms with E-state index in [0.717, 1.165) is 19.3 Å². The van der Waals surface area contributed by atoms with Crippen LogP contribution in [0.1, 0.15) is 42.2 Å². The number of rotatable bonds is 7. The van der Waals surface area contributed by atoms with Crippen LogP contribution in [0.5, 0.6) is 5.75 Å². The van der Waals surface area contributed by atoms with E-state index >= 15 is 0 Å². The van der Waals surface area contributed by atoms with Crippen LogP contribution in [0.15, 0.2) is 36.5 Å². The summed E-state index contributed by atoms with van der Waals surface area (Å²) in [5.41, 5.74) is 1.16. The Morgan fingerprint density at radius 2 is 2.15 bits per heavy atom. The van der Waals surface area contributed by atoms with Crippen LogP contribution in [-0.2, 0) is 0 Å². The molecule has 0 saturated heterocycles. The van der Waals surface area contributed by atoms with Crippen molar-refractivity contribution in [3.05, 3.63) is 52.8 Å². The Kier molecular flexibility index (Phi) is 7.99. The van der Waals surface area contributed by atoms with Crippen LogP contribution in [0.3, 0.4) is 0 Å². The molecular formula is C19H19ClN4O2S. The average molecular weight is 403 g/mol. The highest BCUT2D eigenvalue weighted by molar-refractivity contribution is 7.80. The number of thiocarbonyl (C=S) groups is 1. The number of nitrogens with zero attached hydrogens (tertiary/aromatic N) is 2. The Bertz CT molecular complexity index is 850. The smallest absolute Gasteiger partial charge is 0.258 e. The quantitative estimate of drug-likeness (QED) is 0.530. The zero-order chi connectivity index (χ0) is 19.6. The van der Waals surface area contributed by atoms with Crippen LogP contribution in [0.25, 0.3) is 0 Å². The van der Waals surface area contributed by atoms with Gasteiger partial charge in [-0.05, 0) is 49.0 Å². The molecule has 1 amide bonds. The Morgan fingerprint density at radius 1 is 1.33 bits per heavy atom. The summed E-state index contributed by atoms with van der Waals surface area (Å²) in [6.07, 6.45) is 4.53. The summed E-state index contributed by atoms with van der Waals surface area (Å²) in [7, 11) is 0. The molecule has 1 aromatic heterocycles. The number of aromatic nitrogens is 1. The topological polar surface area (TPSA) is 87.0 Å². The highest BCUT2D eigenvalue weighted by atomic mass is 35.5. The van der Waals surface area contributed by atoms with Gasteiger partial charge in [0, 0.05) is 11.9 Å². The number of benzene rings is 1. The second kappa shape index (κ2) is 10.5. The van der Waals surface area contributed by atoms with Crippen LogP contribution in [0.4, 0.5) is 5.69 Å². The highest BCUT2D eigenvalue weighted by Gasteiger charge is 2.10. The number of halogens is 1. The predicted octanol–water partition coefficient (Wildman–Crippen LogP) is 4.30. The second-order valence-electron chi connectivity index (χ2n) is 5.65. The van der Waals surface area contributed by atoms with Crippen LogP contribution < -0.4 is 15.4 Å².